The van der Waals surface area contributed by atoms with Crippen molar-refractivity contribution >= 4 is 17.5 Å². The van der Waals surface area contributed by atoms with Crippen LogP contribution in [0.15, 0.2) is 36.4 Å². The third-order valence-corrected chi connectivity index (χ3v) is 3.71. The lowest BCUT2D eigenvalue weighted by molar-refractivity contribution is -0.136. The van der Waals surface area contributed by atoms with Crippen LogP contribution in [0.3, 0.4) is 0 Å². The van der Waals surface area contributed by atoms with E-state index >= 15 is 0 Å². The summed E-state index contributed by atoms with van der Waals surface area (Å²) in [6, 6.07) is 11.3. The lowest BCUT2D eigenvalue weighted by atomic mass is 10.1. The van der Waals surface area contributed by atoms with Crippen LogP contribution in [0.5, 0.6) is 5.75 Å². The Bertz CT molecular complexity index is 746. The maximum absolute atomic E-state index is 12.1. The number of hydrogen-bond donors (Lipinski definition) is 2. The lowest BCUT2D eigenvalue weighted by Crippen LogP contribution is -2.35. The molecule has 0 fully saturated rings. The van der Waals surface area contributed by atoms with Crippen LogP contribution in [0.2, 0.25) is 0 Å². The number of amides is 2. The van der Waals surface area contributed by atoms with E-state index < -0.39 is 11.8 Å². The second-order valence-corrected chi connectivity index (χ2v) is 5.76. The molecular formula is C19H22N2O3. The van der Waals surface area contributed by atoms with Gasteiger partial charge >= 0.3 is 11.8 Å². The van der Waals surface area contributed by atoms with Gasteiger partial charge in [-0.25, -0.2) is 0 Å². The number of aryl methyl sites for hydroxylation is 3. The monoisotopic (exact) mass is 326 g/mol. The van der Waals surface area contributed by atoms with E-state index in [2.05, 4.69) is 10.6 Å². The van der Waals surface area contributed by atoms with Gasteiger partial charge in [-0.15, -0.1) is 0 Å². The summed E-state index contributed by atoms with van der Waals surface area (Å²) in [6.07, 6.45) is 0. The van der Waals surface area contributed by atoms with Gasteiger partial charge in [0.05, 0.1) is 7.11 Å². The number of benzene rings is 2. The highest BCUT2D eigenvalue weighted by molar-refractivity contribution is 6.39. The molecule has 0 aliphatic heterocycles. The average Bonchev–Trinajstić information content (AvgIpc) is 2.55. The Labute approximate surface area is 142 Å². The quantitative estimate of drug-likeness (QED) is 0.849. The molecule has 0 atom stereocenters. The number of carbonyl (C=O) groups excluding carboxylic acids is 2. The number of methoxy groups -OCH3 is 1. The number of hydrogen-bond acceptors (Lipinski definition) is 3. The molecule has 0 aliphatic rings. The van der Waals surface area contributed by atoms with Crippen molar-refractivity contribution in [1.82, 2.24) is 5.32 Å². The van der Waals surface area contributed by atoms with E-state index in [0.29, 0.717) is 11.4 Å². The van der Waals surface area contributed by atoms with Gasteiger partial charge in [0.25, 0.3) is 0 Å². The Morgan fingerprint density at radius 3 is 2.29 bits per heavy atom. The smallest absolute Gasteiger partial charge is 0.313 e. The molecule has 0 aromatic heterocycles. The van der Waals surface area contributed by atoms with Gasteiger partial charge in [-0.1, -0.05) is 29.8 Å². The lowest BCUT2D eigenvalue weighted by Gasteiger charge is -2.13. The van der Waals surface area contributed by atoms with Crippen molar-refractivity contribution in [3.05, 3.63) is 58.7 Å². The Kier molecular flexibility index (Phi) is 5.58. The van der Waals surface area contributed by atoms with E-state index in [0.717, 1.165) is 22.3 Å². The molecule has 0 heterocycles. The number of nitrogens with one attached hydrogen (secondary N) is 2. The van der Waals surface area contributed by atoms with Crippen molar-refractivity contribution in [2.45, 2.75) is 27.3 Å². The van der Waals surface area contributed by atoms with Crippen molar-refractivity contribution in [1.29, 1.82) is 0 Å². The largest absolute Gasteiger partial charge is 0.497 e. The fraction of sp³-hybridized carbons (Fsp3) is 0.263. The molecule has 0 aliphatic carbocycles. The Morgan fingerprint density at radius 2 is 1.67 bits per heavy atom. The van der Waals surface area contributed by atoms with Gasteiger partial charge in [-0.2, -0.15) is 0 Å². The molecule has 0 saturated carbocycles. The molecule has 24 heavy (non-hydrogen) atoms. The van der Waals surface area contributed by atoms with E-state index in [1.165, 1.54) is 0 Å². The molecule has 0 radical (unpaired) electrons. The SMILES string of the molecule is COc1cccc(CNC(=O)C(=O)Nc2c(C)cc(C)cc2C)c1. The van der Waals surface area contributed by atoms with E-state index in [9.17, 15) is 9.59 Å². The van der Waals surface area contributed by atoms with Crippen LogP contribution in [0.1, 0.15) is 22.3 Å². The predicted octanol–water partition coefficient (Wildman–Crippen LogP) is 2.88. The first-order valence-electron chi connectivity index (χ1n) is 7.70. The summed E-state index contributed by atoms with van der Waals surface area (Å²) in [4.78, 5) is 24.1. The molecule has 2 aromatic carbocycles. The molecule has 5 heteroatoms. The Hall–Kier alpha value is -2.82. The molecule has 5 nitrogen and oxygen atoms in total. The summed E-state index contributed by atoms with van der Waals surface area (Å²) >= 11 is 0. The fourth-order valence-corrected chi connectivity index (χ4v) is 2.59. The normalized spacial score (nSPS) is 10.2. The molecular weight excluding hydrogens is 304 g/mol. The summed E-state index contributed by atoms with van der Waals surface area (Å²) in [5.41, 5.74) is 4.52. The van der Waals surface area contributed by atoms with Crippen molar-refractivity contribution < 1.29 is 14.3 Å². The van der Waals surface area contributed by atoms with Crippen molar-refractivity contribution in [3.63, 3.8) is 0 Å². The highest BCUT2D eigenvalue weighted by Gasteiger charge is 2.15. The summed E-state index contributed by atoms with van der Waals surface area (Å²) in [5, 5.41) is 5.30. The van der Waals surface area contributed by atoms with Gasteiger partial charge in [0.2, 0.25) is 0 Å². The van der Waals surface area contributed by atoms with Gasteiger partial charge in [-0.05, 0) is 49.6 Å². The first-order valence-corrected chi connectivity index (χ1v) is 7.70. The fourth-order valence-electron chi connectivity index (χ4n) is 2.59. The molecule has 2 rings (SSSR count). The van der Waals surface area contributed by atoms with Crippen LogP contribution in [-0.4, -0.2) is 18.9 Å². The van der Waals surface area contributed by atoms with Gasteiger partial charge in [0.15, 0.2) is 0 Å². The zero-order valence-electron chi connectivity index (χ0n) is 14.4. The summed E-state index contributed by atoms with van der Waals surface area (Å²) in [5.74, 6) is -0.637. The van der Waals surface area contributed by atoms with Gasteiger partial charge in [-0.3, -0.25) is 9.59 Å². The summed E-state index contributed by atoms with van der Waals surface area (Å²) < 4.78 is 5.13. The number of anilines is 1. The molecule has 0 bridgehead atoms. The van der Waals surface area contributed by atoms with Crippen LogP contribution in [0, 0.1) is 20.8 Å². The Morgan fingerprint density at radius 1 is 1.00 bits per heavy atom. The molecule has 0 unspecified atom stereocenters. The minimum atomic E-state index is -0.673. The zero-order valence-corrected chi connectivity index (χ0v) is 14.4. The molecule has 2 amide bonds. The predicted molar refractivity (Wildman–Crippen MR) is 94.1 cm³/mol. The molecule has 126 valence electrons. The van der Waals surface area contributed by atoms with Crippen LogP contribution in [-0.2, 0) is 16.1 Å². The van der Waals surface area contributed by atoms with Crippen molar-refractivity contribution in [2.24, 2.45) is 0 Å². The first kappa shape index (κ1) is 17.5. The van der Waals surface area contributed by atoms with Gasteiger partial charge in [0, 0.05) is 12.2 Å². The minimum Gasteiger partial charge on any atom is -0.497 e. The van der Waals surface area contributed by atoms with Crippen molar-refractivity contribution in [3.8, 4) is 5.75 Å². The van der Waals surface area contributed by atoms with E-state index in [1.807, 2.05) is 57.2 Å². The number of ether oxygens (including phenoxy) is 1. The van der Waals surface area contributed by atoms with Gasteiger partial charge < -0.3 is 15.4 Å². The van der Waals surface area contributed by atoms with E-state index in [-0.39, 0.29) is 6.54 Å². The maximum atomic E-state index is 12.1. The average molecular weight is 326 g/mol. The maximum Gasteiger partial charge on any atom is 0.313 e. The van der Waals surface area contributed by atoms with Crippen LogP contribution in [0.4, 0.5) is 5.69 Å². The molecule has 0 saturated heterocycles. The Balaban J connectivity index is 1.99. The van der Waals surface area contributed by atoms with Gasteiger partial charge in [0.1, 0.15) is 5.75 Å². The minimum absolute atomic E-state index is 0.259. The topological polar surface area (TPSA) is 67.4 Å². The zero-order chi connectivity index (χ0) is 17.7. The highest BCUT2D eigenvalue weighted by Crippen LogP contribution is 2.21. The van der Waals surface area contributed by atoms with E-state index in [4.69, 9.17) is 4.74 Å². The molecule has 2 aromatic rings. The molecule has 0 spiro atoms. The van der Waals surface area contributed by atoms with Crippen molar-refractivity contribution in [2.75, 3.05) is 12.4 Å². The molecule has 2 N–H and O–H groups in total. The third kappa shape index (κ3) is 4.35. The second-order valence-electron chi connectivity index (χ2n) is 5.76. The number of carbonyl (C=O) groups is 2. The third-order valence-electron chi connectivity index (χ3n) is 3.71. The summed E-state index contributed by atoms with van der Waals surface area (Å²) in [7, 11) is 1.58. The number of rotatable bonds is 4. The highest BCUT2D eigenvalue weighted by atomic mass is 16.5. The van der Waals surface area contributed by atoms with E-state index in [1.54, 1.807) is 7.11 Å². The second kappa shape index (κ2) is 7.64. The summed E-state index contributed by atoms with van der Waals surface area (Å²) in [6.45, 7) is 6.06. The van der Waals surface area contributed by atoms with Crippen LogP contribution in [0.25, 0.3) is 0 Å². The van der Waals surface area contributed by atoms with Crippen LogP contribution >= 0.6 is 0 Å². The standard InChI is InChI=1S/C19H22N2O3/c1-12-8-13(2)17(14(3)9-12)21-19(23)18(22)20-11-15-6-5-7-16(10-15)24-4/h5-10H,11H2,1-4H3,(H,20,22)(H,21,23). The first-order chi connectivity index (χ1) is 11.4. The van der Waals surface area contributed by atoms with Crippen LogP contribution < -0.4 is 15.4 Å².